The maximum absolute atomic E-state index is 15.2. The van der Waals surface area contributed by atoms with Crippen LogP contribution in [-0.4, -0.2) is 61.0 Å². The molecule has 14 heteroatoms. The van der Waals surface area contributed by atoms with Crippen LogP contribution in [0, 0.1) is 11.6 Å². The van der Waals surface area contributed by atoms with Crippen molar-refractivity contribution in [2.24, 2.45) is 0 Å². The number of nitrogens with one attached hydrogen (secondary N) is 1. The smallest absolute Gasteiger partial charge is 0.314 e. The summed E-state index contributed by atoms with van der Waals surface area (Å²) in [7, 11) is -4.01. The van der Waals surface area contributed by atoms with Gasteiger partial charge < -0.3 is 9.73 Å². The molecule has 2 aromatic carbocycles. The molecule has 2 saturated heterocycles. The van der Waals surface area contributed by atoms with Crippen molar-refractivity contribution in [1.29, 1.82) is 0 Å². The van der Waals surface area contributed by atoms with Crippen molar-refractivity contribution in [3.8, 4) is 11.5 Å². The molecule has 2 aliphatic rings. The quantitative estimate of drug-likeness (QED) is 0.400. The summed E-state index contributed by atoms with van der Waals surface area (Å²) < 4.78 is 88.2. The highest BCUT2D eigenvalue weighted by Gasteiger charge is 2.38. The molecule has 0 bridgehead atoms. The lowest BCUT2D eigenvalue weighted by atomic mass is 10.0. The molecule has 8 nitrogen and oxygen atoms in total. The minimum atomic E-state index is -4.01. The number of alkyl halides is 2. The molecular formula is C24H24ClF4N5O3S. The first-order valence-corrected chi connectivity index (χ1v) is 13.8. The Morgan fingerprint density at radius 1 is 1.08 bits per heavy atom. The Kier molecular flexibility index (Phi) is 7.63. The zero-order chi connectivity index (χ0) is 27.0. The molecule has 3 heterocycles. The number of likely N-dealkylation sites (tertiary alicyclic amines) is 1. The van der Waals surface area contributed by atoms with Gasteiger partial charge in [-0.3, -0.25) is 9.21 Å². The predicted octanol–water partition coefficient (Wildman–Crippen LogP) is 4.38. The topological polar surface area (TPSA) is 91.6 Å². The highest BCUT2D eigenvalue weighted by Crippen LogP contribution is 2.32. The van der Waals surface area contributed by atoms with Crippen LogP contribution >= 0.6 is 11.6 Å². The minimum Gasteiger partial charge on any atom is -0.415 e. The van der Waals surface area contributed by atoms with Crippen LogP contribution in [-0.2, 0) is 16.6 Å². The number of anilines is 1. The van der Waals surface area contributed by atoms with E-state index in [0.29, 0.717) is 32.0 Å². The fraction of sp³-hybridized carbons (Fsp3) is 0.417. The number of aromatic nitrogens is 2. The molecule has 0 radical (unpaired) electrons. The maximum atomic E-state index is 15.2. The molecule has 0 aliphatic carbocycles. The van der Waals surface area contributed by atoms with Gasteiger partial charge in [-0.15, -0.1) is 10.2 Å². The fourth-order valence-electron chi connectivity index (χ4n) is 4.62. The number of hydrogen-bond acceptors (Lipinski definition) is 7. The molecule has 38 heavy (non-hydrogen) atoms. The van der Waals surface area contributed by atoms with E-state index in [9.17, 15) is 21.6 Å². The van der Waals surface area contributed by atoms with E-state index in [0.717, 1.165) is 29.5 Å². The first-order valence-electron chi connectivity index (χ1n) is 11.9. The van der Waals surface area contributed by atoms with Crippen LogP contribution in [0.2, 0.25) is 5.02 Å². The highest BCUT2D eigenvalue weighted by atomic mass is 35.5. The monoisotopic (exact) mass is 573 g/mol. The first kappa shape index (κ1) is 26.9. The third-order valence-corrected chi connectivity index (χ3v) is 9.47. The van der Waals surface area contributed by atoms with Crippen LogP contribution in [0.4, 0.5) is 23.2 Å². The van der Waals surface area contributed by atoms with Gasteiger partial charge in [0.15, 0.2) is 0 Å². The van der Waals surface area contributed by atoms with E-state index in [1.807, 2.05) is 0 Å². The third-order valence-electron chi connectivity index (χ3n) is 6.91. The van der Waals surface area contributed by atoms with Crippen molar-refractivity contribution in [3.63, 3.8) is 0 Å². The molecule has 2 aliphatic heterocycles. The number of nitrogens with zero attached hydrogens (tertiary/aromatic N) is 4. The van der Waals surface area contributed by atoms with Gasteiger partial charge in [-0.2, -0.15) is 8.78 Å². The molecule has 2 fully saturated rings. The molecular weight excluding hydrogens is 550 g/mol. The Balaban J connectivity index is 1.42. The van der Waals surface area contributed by atoms with Gasteiger partial charge in [0.2, 0.25) is 15.9 Å². The van der Waals surface area contributed by atoms with Crippen LogP contribution in [0.3, 0.4) is 0 Å². The second-order valence-electron chi connectivity index (χ2n) is 9.25. The summed E-state index contributed by atoms with van der Waals surface area (Å²) in [6.07, 6.45) is -2.18. The summed E-state index contributed by atoms with van der Waals surface area (Å²) in [6.45, 7) is 2.58. The van der Waals surface area contributed by atoms with Gasteiger partial charge in [0, 0.05) is 30.3 Å². The van der Waals surface area contributed by atoms with Crippen LogP contribution < -0.4 is 9.62 Å². The third kappa shape index (κ3) is 5.37. The molecule has 0 saturated carbocycles. The molecule has 3 aromatic rings. The summed E-state index contributed by atoms with van der Waals surface area (Å²) in [4.78, 5) is 2.26. The Labute approximate surface area is 221 Å². The van der Waals surface area contributed by atoms with E-state index in [1.165, 1.54) is 24.3 Å². The van der Waals surface area contributed by atoms with E-state index in [2.05, 4.69) is 20.4 Å². The summed E-state index contributed by atoms with van der Waals surface area (Å²) in [5.74, 6) is -2.71. The SMILES string of the molecule is O=S(=O)(C1CCN(C2CNC2)CC1)N(Cc1ccc(-c2nnc(C(F)F)o2)cc1F)c1ccc(F)c(Cl)c1. The molecule has 1 N–H and O–H groups in total. The molecule has 1 aromatic heterocycles. The van der Waals surface area contributed by atoms with Crippen LogP contribution in [0.25, 0.3) is 11.5 Å². The van der Waals surface area contributed by atoms with Crippen LogP contribution in [0.5, 0.6) is 0 Å². The van der Waals surface area contributed by atoms with Gasteiger partial charge >= 0.3 is 6.43 Å². The number of piperidine rings is 1. The predicted molar refractivity (Wildman–Crippen MR) is 132 cm³/mol. The minimum absolute atomic E-state index is 0.00403. The van der Waals surface area contributed by atoms with E-state index in [1.54, 1.807) is 0 Å². The maximum Gasteiger partial charge on any atom is 0.314 e. The lowest BCUT2D eigenvalue weighted by Crippen LogP contribution is -2.59. The van der Waals surface area contributed by atoms with E-state index >= 15 is 4.39 Å². The average molecular weight is 574 g/mol. The Morgan fingerprint density at radius 3 is 2.39 bits per heavy atom. The van der Waals surface area contributed by atoms with Crippen molar-refractivity contribution in [3.05, 3.63) is 64.5 Å². The van der Waals surface area contributed by atoms with E-state index in [-0.39, 0.29) is 27.7 Å². The van der Waals surface area contributed by atoms with Gasteiger partial charge in [-0.1, -0.05) is 17.7 Å². The molecule has 0 unspecified atom stereocenters. The number of hydrogen-bond donors (Lipinski definition) is 1. The van der Waals surface area contributed by atoms with Crippen molar-refractivity contribution in [1.82, 2.24) is 20.4 Å². The second kappa shape index (κ2) is 10.8. The number of halogens is 5. The largest absolute Gasteiger partial charge is 0.415 e. The summed E-state index contributed by atoms with van der Waals surface area (Å²) in [6, 6.07) is 7.62. The Hall–Kier alpha value is -2.74. The fourth-order valence-corrected chi connectivity index (χ4v) is 6.69. The van der Waals surface area contributed by atoms with Crippen LogP contribution in [0.15, 0.2) is 40.8 Å². The Bertz CT molecular complexity index is 1410. The highest BCUT2D eigenvalue weighted by molar-refractivity contribution is 7.93. The molecule has 204 valence electrons. The van der Waals surface area contributed by atoms with E-state index < -0.39 is 45.8 Å². The van der Waals surface area contributed by atoms with Crippen molar-refractivity contribution < 1.29 is 30.4 Å². The van der Waals surface area contributed by atoms with E-state index in [4.69, 9.17) is 16.0 Å². The summed E-state index contributed by atoms with van der Waals surface area (Å²) >= 11 is 5.96. The van der Waals surface area contributed by atoms with Gasteiger partial charge in [0.1, 0.15) is 11.6 Å². The van der Waals surface area contributed by atoms with Crippen molar-refractivity contribution in [2.75, 3.05) is 30.5 Å². The summed E-state index contributed by atoms with van der Waals surface area (Å²) in [5.41, 5.74) is 0.163. The number of sulfonamides is 1. The molecule has 0 amide bonds. The van der Waals surface area contributed by atoms with Gasteiger partial charge in [0.25, 0.3) is 5.89 Å². The van der Waals surface area contributed by atoms with Gasteiger partial charge in [-0.05, 0) is 56.3 Å². The average Bonchev–Trinajstić information content (AvgIpc) is 3.35. The van der Waals surface area contributed by atoms with Gasteiger partial charge in [0.05, 0.1) is 22.5 Å². The standard InChI is InChI=1S/C24H24ClF4N5O3S/c25-19-10-16(3-4-20(19)26)34(38(35,36)18-5-7-33(8-6-18)17-11-30-12-17)13-15-2-1-14(9-21(15)27)23-31-32-24(37-23)22(28)29/h1-4,9-10,17-18,22,30H,5-8,11-13H2. The first-order chi connectivity index (χ1) is 18.1. The normalized spacial score (nSPS) is 17.6. The molecule has 5 rings (SSSR count). The lowest BCUT2D eigenvalue weighted by molar-refractivity contribution is 0.116. The molecule has 0 atom stereocenters. The second-order valence-corrected chi connectivity index (χ2v) is 11.8. The summed E-state index contributed by atoms with van der Waals surface area (Å²) in [5, 5.41) is 8.96. The Morgan fingerprint density at radius 2 is 1.82 bits per heavy atom. The number of rotatable bonds is 8. The lowest BCUT2D eigenvalue weighted by Gasteiger charge is -2.42. The zero-order valence-electron chi connectivity index (χ0n) is 20.0. The van der Waals surface area contributed by atoms with Crippen molar-refractivity contribution >= 4 is 27.3 Å². The van der Waals surface area contributed by atoms with Crippen molar-refractivity contribution in [2.45, 2.75) is 37.1 Å². The van der Waals surface area contributed by atoms with Crippen LogP contribution in [0.1, 0.15) is 30.7 Å². The zero-order valence-corrected chi connectivity index (χ0v) is 21.5. The van der Waals surface area contributed by atoms with Gasteiger partial charge in [-0.25, -0.2) is 17.2 Å². The number of benzene rings is 2. The molecule has 0 spiro atoms.